The molecule has 0 fully saturated rings. The molecule has 2 aromatic rings. The highest BCUT2D eigenvalue weighted by atomic mass is 35.5. The largest absolute Gasteiger partial charge is 0.488 e. The first kappa shape index (κ1) is 16.6. The Bertz CT molecular complexity index is 623. The summed E-state index contributed by atoms with van der Waals surface area (Å²) < 4.78 is 18.8. The average Bonchev–Trinajstić information content (AvgIpc) is 2.90. The van der Waals surface area contributed by atoms with E-state index in [1.165, 1.54) is 17.3 Å². The van der Waals surface area contributed by atoms with Crippen LogP contribution in [0.25, 0.3) is 0 Å². The molecule has 3 nitrogen and oxygen atoms in total. The third kappa shape index (κ3) is 3.70. The van der Waals surface area contributed by atoms with E-state index in [-0.39, 0.29) is 24.8 Å². The van der Waals surface area contributed by atoms with Gasteiger partial charge in [0.25, 0.3) is 0 Å². The number of benzene rings is 2. The normalized spacial score (nSPS) is 14.2. The highest BCUT2D eigenvalue weighted by molar-refractivity contribution is 5.85. The molecule has 2 aromatic carbocycles. The quantitative estimate of drug-likeness (QED) is 0.918. The zero-order chi connectivity index (χ0) is 14.7. The van der Waals surface area contributed by atoms with Crippen LogP contribution in [-0.2, 0) is 6.42 Å². The van der Waals surface area contributed by atoms with Crippen LogP contribution < -0.4 is 9.64 Å². The van der Waals surface area contributed by atoms with E-state index >= 15 is 0 Å². The maximum atomic E-state index is 13.4. The second-order valence-corrected chi connectivity index (χ2v) is 5.22. The maximum absolute atomic E-state index is 13.4. The van der Waals surface area contributed by atoms with Gasteiger partial charge in [-0.2, -0.15) is 0 Å². The summed E-state index contributed by atoms with van der Waals surface area (Å²) in [6.07, 6.45) is 0.340. The Morgan fingerprint density at radius 3 is 2.68 bits per heavy atom. The SMILES string of the molecule is Cl.OC(COc1ccccc1F)CN1CCc2ccccc21. The predicted molar refractivity (Wildman–Crippen MR) is 87.5 cm³/mol. The highest BCUT2D eigenvalue weighted by Gasteiger charge is 2.21. The van der Waals surface area contributed by atoms with Gasteiger partial charge in [-0.15, -0.1) is 12.4 Å². The Balaban J connectivity index is 0.00000176. The molecule has 1 N–H and O–H groups in total. The van der Waals surface area contributed by atoms with Crippen LogP contribution in [0, 0.1) is 5.82 Å². The number of para-hydroxylation sites is 2. The molecule has 3 rings (SSSR count). The highest BCUT2D eigenvalue weighted by Crippen LogP contribution is 2.27. The summed E-state index contributed by atoms with van der Waals surface area (Å²) in [5, 5.41) is 10.1. The second kappa shape index (κ2) is 7.47. The summed E-state index contributed by atoms with van der Waals surface area (Å²) in [6, 6.07) is 14.4. The molecule has 1 aliphatic heterocycles. The average molecular weight is 324 g/mol. The van der Waals surface area contributed by atoms with Gasteiger partial charge in [-0.25, -0.2) is 4.39 Å². The summed E-state index contributed by atoms with van der Waals surface area (Å²) in [4.78, 5) is 2.14. The second-order valence-electron chi connectivity index (χ2n) is 5.22. The Morgan fingerprint density at radius 1 is 1.14 bits per heavy atom. The third-order valence-electron chi connectivity index (χ3n) is 3.68. The van der Waals surface area contributed by atoms with E-state index < -0.39 is 11.9 Å². The van der Waals surface area contributed by atoms with Crippen LogP contribution in [0.4, 0.5) is 10.1 Å². The molecular weight excluding hydrogens is 305 g/mol. The van der Waals surface area contributed by atoms with Crippen molar-refractivity contribution in [1.82, 2.24) is 0 Å². The van der Waals surface area contributed by atoms with Crippen molar-refractivity contribution in [3.8, 4) is 5.75 Å². The molecule has 0 saturated carbocycles. The smallest absolute Gasteiger partial charge is 0.165 e. The molecule has 0 aliphatic carbocycles. The number of fused-ring (bicyclic) bond motifs is 1. The number of anilines is 1. The molecule has 0 amide bonds. The Labute approximate surface area is 135 Å². The number of hydrogen-bond donors (Lipinski definition) is 1. The van der Waals surface area contributed by atoms with E-state index in [2.05, 4.69) is 17.0 Å². The van der Waals surface area contributed by atoms with Gasteiger partial charge in [0.05, 0.1) is 0 Å². The van der Waals surface area contributed by atoms with Gasteiger partial charge in [0.2, 0.25) is 0 Å². The first-order valence-electron chi connectivity index (χ1n) is 7.12. The summed E-state index contributed by atoms with van der Waals surface area (Å²) in [5.41, 5.74) is 2.47. The van der Waals surface area contributed by atoms with Gasteiger partial charge in [-0.3, -0.25) is 0 Å². The predicted octanol–water partition coefficient (Wildman–Crippen LogP) is 3.05. The summed E-state index contributed by atoms with van der Waals surface area (Å²) >= 11 is 0. The van der Waals surface area contributed by atoms with Crippen molar-refractivity contribution in [2.75, 3.05) is 24.6 Å². The van der Waals surface area contributed by atoms with Crippen molar-refractivity contribution in [3.63, 3.8) is 0 Å². The van der Waals surface area contributed by atoms with Gasteiger partial charge >= 0.3 is 0 Å². The monoisotopic (exact) mass is 323 g/mol. The Hall–Kier alpha value is -1.78. The molecule has 1 aliphatic rings. The fraction of sp³-hybridized carbons (Fsp3) is 0.294. The minimum absolute atomic E-state index is 0. The topological polar surface area (TPSA) is 32.7 Å². The molecule has 0 saturated heterocycles. The van der Waals surface area contributed by atoms with Crippen molar-refractivity contribution >= 4 is 18.1 Å². The molecule has 22 heavy (non-hydrogen) atoms. The molecule has 0 aromatic heterocycles. The van der Waals surface area contributed by atoms with E-state index in [9.17, 15) is 9.50 Å². The zero-order valence-corrected chi connectivity index (χ0v) is 12.9. The number of nitrogens with zero attached hydrogens (tertiary/aromatic N) is 1. The van der Waals surface area contributed by atoms with E-state index in [4.69, 9.17) is 4.74 Å². The number of aliphatic hydroxyl groups excluding tert-OH is 1. The minimum Gasteiger partial charge on any atom is -0.488 e. The number of rotatable bonds is 5. The Kier molecular flexibility index (Phi) is 5.63. The standard InChI is InChI=1S/C17H18FNO2.ClH/c18-15-6-2-4-8-17(15)21-12-14(20)11-19-10-9-13-5-1-3-7-16(13)19;/h1-8,14,20H,9-12H2;1H. The fourth-order valence-electron chi connectivity index (χ4n) is 2.65. The molecule has 1 unspecified atom stereocenters. The molecule has 0 radical (unpaired) electrons. The van der Waals surface area contributed by atoms with E-state index in [0.717, 1.165) is 13.0 Å². The minimum atomic E-state index is -0.657. The van der Waals surface area contributed by atoms with Gasteiger partial charge in [0.15, 0.2) is 11.6 Å². The van der Waals surface area contributed by atoms with Crippen molar-refractivity contribution < 1.29 is 14.2 Å². The summed E-state index contributed by atoms with van der Waals surface area (Å²) in [6.45, 7) is 1.47. The summed E-state index contributed by atoms with van der Waals surface area (Å²) in [5.74, 6) is -0.227. The zero-order valence-electron chi connectivity index (χ0n) is 12.1. The number of halogens is 2. The lowest BCUT2D eigenvalue weighted by atomic mass is 10.2. The van der Waals surface area contributed by atoms with E-state index in [0.29, 0.717) is 6.54 Å². The van der Waals surface area contributed by atoms with Gasteiger partial charge in [-0.05, 0) is 30.2 Å². The lowest BCUT2D eigenvalue weighted by Gasteiger charge is -2.23. The van der Waals surface area contributed by atoms with Crippen LogP contribution in [0.15, 0.2) is 48.5 Å². The van der Waals surface area contributed by atoms with Crippen LogP contribution in [0.2, 0.25) is 0 Å². The van der Waals surface area contributed by atoms with Crippen LogP contribution in [0.5, 0.6) is 5.75 Å². The number of β-amino-alcohol motifs (C(OH)–C–C–N with tert-alkyl or cyclic N) is 1. The molecule has 1 heterocycles. The van der Waals surface area contributed by atoms with Crippen LogP contribution in [0.1, 0.15) is 5.56 Å². The van der Waals surface area contributed by atoms with Gasteiger partial charge in [-0.1, -0.05) is 30.3 Å². The van der Waals surface area contributed by atoms with E-state index in [1.807, 2.05) is 12.1 Å². The molecule has 0 spiro atoms. The molecule has 118 valence electrons. The Morgan fingerprint density at radius 2 is 1.86 bits per heavy atom. The number of aliphatic hydroxyl groups is 1. The fourth-order valence-corrected chi connectivity index (χ4v) is 2.65. The lowest BCUT2D eigenvalue weighted by molar-refractivity contribution is 0.110. The van der Waals surface area contributed by atoms with Crippen LogP contribution in [0.3, 0.4) is 0 Å². The first-order chi connectivity index (χ1) is 10.2. The molecule has 0 bridgehead atoms. The van der Waals surface area contributed by atoms with E-state index in [1.54, 1.807) is 18.2 Å². The maximum Gasteiger partial charge on any atom is 0.165 e. The summed E-state index contributed by atoms with van der Waals surface area (Å²) in [7, 11) is 0. The first-order valence-corrected chi connectivity index (χ1v) is 7.12. The molecule has 5 heteroatoms. The van der Waals surface area contributed by atoms with Crippen molar-refractivity contribution in [2.24, 2.45) is 0 Å². The van der Waals surface area contributed by atoms with Gasteiger partial charge < -0.3 is 14.7 Å². The van der Waals surface area contributed by atoms with Crippen LogP contribution >= 0.6 is 12.4 Å². The van der Waals surface area contributed by atoms with Crippen molar-refractivity contribution in [1.29, 1.82) is 0 Å². The van der Waals surface area contributed by atoms with Gasteiger partial charge in [0, 0.05) is 18.8 Å². The molecular formula is C17H19ClFNO2. The van der Waals surface area contributed by atoms with Crippen LogP contribution in [-0.4, -0.2) is 30.9 Å². The number of hydrogen-bond acceptors (Lipinski definition) is 3. The molecule has 1 atom stereocenters. The third-order valence-corrected chi connectivity index (χ3v) is 3.68. The van der Waals surface area contributed by atoms with Crippen molar-refractivity contribution in [3.05, 3.63) is 59.9 Å². The lowest BCUT2D eigenvalue weighted by Crippen LogP contribution is -2.34. The van der Waals surface area contributed by atoms with Gasteiger partial charge in [0.1, 0.15) is 12.7 Å². The number of ether oxygens (including phenoxy) is 1. The van der Waals surface area contributed by atoms with Crippen molar-refractivity contribution in [2.45, 2.75) is 12.5 Å².